The molecule has 0 aromatic heterocycles. The van der Waals surface area contributed by atoms with Crippen molar-refractivity contribution in [2.24, 2.45) is 0 Å². The number of hydrogen-bond donors (Lipinski definition) is 1. The van der Waals surface area contributed by atoms with Crippen molar-refractivity contribution in [1.82, 2.24) is 4.90 Å². The van der Waals surface area contributed by atoms with Crippen LogP contribution in [0.25, 0.3) is 0 Å². The first-order valence-electron chi connectivity index (χ1n) is 5.64. The Balaban J connectivity index is 0.00000144. The lowest BCUT2D eigenvalue weighted by molar-refractivity contribution is 0.188. The second kappa shape index (κ2) is 6.79. The number of halogens is 2. The summed E-state index contributed by atoms with van der Waals surface area (Å²) in [6.07, 6.45) is 0. The molecule has 1 saturated heterocycles. The van der Waals surface area contributed by atoms with Crippen LogP contribution < -0.4 is 4.90 Å². The third-order valence-corrected chi connectivity index (χ3v) is 2.98. The van der Waals surface area contributed by atoms with Crippen molar-refractivity contribution in [1.29, 1.82) is 0 Å². The lowest BCUT2D eigenvalue weighted by Gasteiger charge is -2.35. The first-order chi connectivity index (χ1) is 7.81. The van der Waals surface area contributed by atoms with Crippen LogP contribution in [-0.4, -0.2) is 49.3 Å². The van der Waals surface area contributed by atoms with Crippen LogP contribution in [0.5, 0.6) is 0 Å². The Morgan fingerprint density at radius 3 is 2.35 bits per heavy atom. The van der Waals surface area contributed by atoms with Crippen LogP contribution in [-0.2, 0) is 0 Å². The van der Waals surface area contributed by atoms with E-state index in [-0.39, 0.29) is 24.8 Å². The second-order valence-corrected chi connectivity index (χ2v) is 4.00. The normalized spacial score (nSPS) is 16.7. The molecule has 0 spiro atoms. The van der Waals surface area contributed by atoms with E-state index in [9.17, 15) is 4.39 Å². The van der Waals surface area contributed by atoms with E-state index in [1.165, 1.54) is 6.07 Å². The molecular weight excluding hydrogens is 243 g/mol. The monoisotopic (exact) mass is 260 g/mol. The van der Waals surface area contributed by atoms with Crippen molar-refractivity contribution in [2.45, 2.75) is 0 Å². The molecule has 96 valence electrons. The van der Waals surface area contributed by atoms with Gasteiger partial charge >= 0.3 is 0 Å². The van der Waals surface area contributed by atoms with E-state index in [2.05, 4.69) is 9.80 Å². The molecule has 3 nitrogen and oxygen atoms in total. The van der Waals surface area contributed by atoms with Crippen LogP contribution in [0, 0.1) is 5.82 Å². The molecule has 1 aromatic carbocycles. The van der Waals surface area contributed by atoms with E-state index in [4.69, 9.17) is 5.11 Å². The number of benzene rings is 1. The van der Waals surface area contributed by atoms with Crippen molar-refractivity contribution in [3.05, 3.63) is 30.1 Å². The fraction of sp³-hybridized carbons (Fsp3) is 0.500. The Bertz CT molecular complexity index is 343. The van der Waals surface area contributed by atoms with E-state index >= 15 is 0 Å². The maximum atomic E-state index is 13.5. The molecule has 0 amide bonds. The van der Waals surface area contributed by atoms with Crippen molar-refractivity contribution in [2.75, 3.05) is 44.2 Å². The molecule has 0 radical (unpaired) electrons. The van der Waals surface area contributed by atoms with Crippen molar-refractivity contribution in [3.8, 4) is 0 Å². The summed E-state index contributed by atoms with van der Waals surface area (Å²) in [6.45, 7) is 4.32. The van der Waals surface area contributed by atoms with Gasteiger partial charge in [0, 0.05) is 32.7 Å². The van der Waals surface area contributed by atoms with Crippen molar-refractivity contribution < 1.29 is 9.50 Å². The van der Waals surface area contributed by atoms with E-state index in [0.29, 0.717) is 12.2 Å². The fourth-order valence-corrected chi connectivity index (χ4v) is 2.06. The zero-order valence-electron chi connectivity index (χ0n) is 9.68. The number of piperazine rings is 1. The minimum absolute atomic E-state index is 0. The number of rotatable bonds is 3. The molecule has 1 N–H and O–H groups in total. The number of aliphatic hydroxyl groups is 1. The summed E-state index contributed by atoms with van der Waals surface area (Å²) >= 11 is 0. The zero-order chi connectivity index (χ0) is 11.4. The summed E-state index contributed by atoms with van der Waals surface area (Å²) in [5.41, 5.74) is 0.686. The van der Waals surface area contributed by atoms with Gasteiger partial charge in [0.15, 0.2) is 0 Å². The Morgan fingerprint density at radius 2 is 1.76 bits per heavy atom. The molecule has 0 atom stereocenters. The molecule has 1 fully saturated rings. The highest BCUT2D eigenvalue weighted by Crippen LogP contribution is 2.19. The molecule has 1 aromatic rings. The molecule has 0 saturated carbocycles. The predicted molar refractivity (Wildman–Crippen MR) is 69.4 cm³/mol. The Labute approximate surface area is 107 Å². The van der Waals surface area contributed by atoms with Crippen molar-refractivity contribution >= 4 is 18.1 Å². The van der Waals surface area contributed by atoms with Gasteiger partial charge in [0.1, 0.15) is 5.82 Å². The van der Waals surface area contributed by atoms with Crippen LogP contribution in [0.1, 0.15) is 0 Å². The van der Waals surface area contributed by atoms with Gasteiger partial charge in [-0.25, -0.2) is 4.39 Å². The van der Waals surface area contributed by atoms with Crippen LogP contribution >= 0.6 is 12.4 Å². The minimum Gasteiger partial charge on any atom is -0.395 e. The zero-order valence-corrected chi connectivity index (χ0v) is 10.5. The fourth-order valence-electron chi connectivity index (χ4n) is 2.06. The van der Waals surface area contributed by atoms with Crippen LogP contribution in [0.15, 0.2) is 24.3 Å². The van der Waals surface area contributed by atoms with E-state index in [0.717, 1.165) is 26.2 Å². The van der Waals surface area contributed by atoms with Gasteiger partial charge in [0.05, 0.1) is 12.3 Å². The topological polar surface area (TPSA) is 26.7 Å². The van der Waals surface area contributed by atoms with Crippen LogP contribution in [0.2, 0.25) is 0 Å². The molecule has 1 aliphatic heterocycles. The molecule has 0 bridgehead atoms. The number of β-amino-alcohol motifs (C(OH)–C–C–N with tert-alkyl or cyclic N) is 1. The minimum atomic E-state index is -0.155. The van der Waals surface area contributed by atoms with Gasteiger partial charge in [-0.1, -0.05) is 12.1 Å². The molecule has 5 heteroatoms. The van der Waals surface area contributed by atoms with Gasteiger partial charge in [0.2, 0.25) is 0 Å². The van der Waals surface area contributed by atoms with Gasteiger partial charge in [-0.2, -0.15) is 0 Å². The summed E-state index contributed by atoms with van der Waals surface area (Å²) in [4.78, 5) is 4.25. The summed E-state index contributed by atoms with van der Waals surface area (Å²) < 4.78 is 13.5. The van der Waals surface area contributed by atoms with Gasteiger partial charge in [-0.05, 0) is 12.1 Å². The van der Waals surface area contributed by atoms with Crippen molar-refractivity contribution in [3.63, 3.8) is 0 Å². The molecule has 1 aliphatic rings. The van der Waals surface area contributed by atoms with Gasteiger partial charge < -0.3 is 10.0 Å². The average molecular weight is 261 g/mol. The maximum Gasteiger partial charge on any atom is 0.146 e. The maximum absolute atomic E-state index is 13.5. The quantitative estimate of drug-likeness (QED) is 0.889. The Hall–Kier alpha value is -0.840. The molecular formula is C12H18ClFN2O. The van der Waals surface area contributed by atoms with Crippen LogP contribution in [0.3, 0.4) is 0 Å². The predicted octanol–water partition coefficient (Wildman–Crippen LogP) is 1.36. The molecule has 17 heavy (non-hydrogen) atoms. The average Bonchev–Trinajstić information content (AvgIpc) is 2.31. The highest BCUT2D eigenvalue weighted by molar-refractivity contribution is 5.85. The standard InChI is InChI=1S/C12H17FN2O.ClH/c13-11-3-1-2-4-12(11)15-7-5-14(6-8-15)9-10-16;/h1-4,16H,5-10H2;1H. The van der Waals surface area contributed by atoms with E-state index in [1.807, 2.05) is 12.1 Å². The van der Waals surface area contributed by atoms with Gasteiger partial charge in [-0.3, -0.25) is 4.90 Å². The highest BCUT2D eigenvalue weighted by atomic mass is 35.5. The van der Waals surface area contributed by atoms with E-state index in [1.54, 1.807) is 6.07 Å². The Kier molecular flexibility index (Phi) is 5.68. The summed E-state index contributed by atoms with van der Waals surface area (Å²) in [6, 6.07) is 6.88. The number of nitrogens with zero attached hydrogens (tertiary/aromatic N) is 2. The molecule has 2 rings (SSSR count). The largest absolute Gasteiger partial charge is 0.395 e. The van der Waals surface area contributed by atoms with E-state index < -0.39 is 0 Å². The third-order valence-electron chi connectivity index (χ3n) is 2.98. The third kappa shape index (κ3) is 3.56. The lowest BCUT2D eigenvalue weighted by Crippen LogP contribution is -2.47. The Morgan fingerprint density at radius 1 is 1.12 bits per heavy atom. The second-order valence-electron chi connectivity index (χ2n) is 4.00. The van der Waals surface area contributed by atoms with Gasteiger partial charge in [-0.15, -0.1) is 12.4 Å². The SMILES string of the molecule is Cl.OCCN1CCN(c2ccccc2F)CC1. The molecule has 0 unspecified atom stereocenters. The highest BCUT2D eigenvalue weighted by Gasteiger charge is 2.18. The summed E-state index contributed by atoms with van der Waals surface area (Å²) in [7, 11) is 0. The first kappa shape index (κ1) is 14.2. The number of para-hydroxylation sites is 1. The van der Waals surface area contributed by atoms with Crippen LogP contribution in [0.4, 0.5) is 10.1 Å². The first-order valence-corrected chi connectivity index (χ1v) is 5.64. The summed E-state index contributed by atoms with van der Waals surface area (Å²) in [5, 5.41) is 8.83. The number of hydrogen-bond acceptors (Lipinski definition) is 3. The number of aliphatic hydroxyl groups excluding tert-OH is 1. The number of anilines is 1. The summed E-state index contributed by atoms with van der Waals surface area (Å²) in [5.74, 6) is -0.155. The van der Waals surface area contributed by atoms with Gasteiger partial charge in [0.25, 0.3) is 0 Å². The smallest absolute Gasteiger partial charge is 0.146 e. The molecule has 0 aliphatic carbocycles. The lowest BCUT2D eigenvalue weighted by atomic mass is 10.2. The molecule has 1 heterocycles.